The van der Waals surface area contributed by atoms with E-state index in [9.17, 15) is 18.3 Å². The Labute approximate surface area is 228 Å². The van der Waals surface area contributed by atoms with Crippen molar-refractivity contribution in [3.05, 3.63) is 89.7 Å². The van der Waals surface area contributed by atoms with E-state index in [4.69, 9.17) is 5.73 Å². The van der Waals surface area contributed by atoms with Crippen LogP contribution in [0.4, 0.5) is 0 Å². The number of hydrogen-bond acceptors (Lipinski definition) is 7. The lowest BCUT2D eigenvalue weighted by Crippen LogP contribution is -2.42. The zero-order valence-electron chi connectivity index (χ0n) is 22.2. The van der Waals surface area contributed by atoms with Gasteiger partial charge < -0.3 is 16.2 Å². The Balaban J connectivity index is 1.68. The third kappa shape index (κ3) is 6.78. The second kappa shape index (κ2) is 11.5. The lowest BCUT2D eigenvalue weighted by Gasteiger charge is -2.21. The van der Waals surface area contributed by atoms with Gasteiger partial charge in [-0.1, -0.05) is 24.3 Å². The average molecular weight is 548 g/mol. The Morgan fingerprint density at radius 3 is 2.44 bits per heavy atom. The molecule has 2 aromatic heterocycles. The van der Waals surface area contributed by atoms with Crippen LogP contribution in [0.2, 0.25) is 0 Å². The van der Waals surface area contributed by atoms with E-state index in [2.05, 4.69) is 20.0 Å². The summed E-state index contributed by atoms with van der Waals surface area (Å²) in [6, 6.07) is 19.1. The minimum absolute atomic E-state index is 0.0155. The molecule has 5 N–H and O–H groups in total. The molecule has 0 aliphatic rings. The van der Waals surface area contributed by atoms with E-state index in [1.807, 2.05) is 30.3 Å². The smallest absolute Gasteiger partial charge is 0.270 e. The summed E-state index contributed by atoms with van der Waals surface area (Å²) in [5.74, 6) is -0.256. The third-order valence-electron chi connectivity index (χ3n) is 6.38. The number of carbonyl (C=O) groups is 1. The average Bonchev–Trinajstić information content (AvgIpc) is 2.92. The minimum atomic E-state index is -3.64. The zero-order chi connectivity index (χ0) is 28.2. The highest BCUT2D eigenvalue weighted by molar-refractivity contribution is 7.90. The highest BCUT2D eigenvalue weighted by Gasteiger charge is 2.29. The zero-order valence-corrected chi connectivity index (χ0v) is 23.0. The molecule has 0 saturated heterocycles. The van der Waals surface area contributed by atoms with Gasteiger partial charge in [-0.15, -0.1) is 0 Å². The molecule has 204 valence electrons. The van der Waals surface area contributed by atoms with Crippen LogP contribution < -0.4 is 15.8 Å². The highest BCUT2D eigenvalue weighted by atomic mass is 32.2. The number of phenolic OH excluding ortho intramolecular Hbond substituents is 1. The summed E-state index contributed by atoms with van der Waals surface area (Å²) in [6.45, 7) is 5.06. The molecule has 0 unspecified atom stereocenters. The summed E-state index contributed by atoms with van der Waals surface area (Å²) >= 11 is 0. The summed E-state index contributed by atoms with van der Waals surface area (Å²) < 4.78 is 27.3. The Morgan fingerprint density at radius 1 is 1.05 bits per heavy atom. The number of nitrogens with two attached hydrogens (primary N) is 1. The van der Waals surface area contributed by atoms with Crippen LogP contribution in [0, 0.1) is 0 Å². The molecule has 0 radical (unpaired) electrons. The molecule has 9 nitrogen and oxygen atoms in total. The van der Waals surface area contributed by atoms with Crippen molar-refractivity contribution in [2.75, 3.05) is 6.54 Å². The van der Waals surface area contributed by atoms with Gasteiger partial charge >= 0.3 is 0 Å². The number of amides is 1. The Bertz CT molecular complexity index is 1570. The summed E-state index contributed by atoms with van der Waals surface area (Å²) in [5.41, 5.74) is 9.78. The first-order valence-electron chi connectivity index (χ1n) is 12.6. The minimum Gasteiger partial charge on any atom is -0.508 e. The summed E-state index contributed by atoms with van der Waals surface area (Å²) in [7, 11) is -3.64. The molecule has 0 saturated carbocycles. The van der Waals surface area contributed by atoms with Gasteiger partial charge in [0.25, 0.3) is 5.91 Å². The van der Waals surface area contributed by atoms with E-state index < -0.39 is 20.7 Å². The number of nitrogens with one attached hydrogen (secondary N) is 2. The molecule has 10 heteroatoms. The van der Waals surface area contributed by atoms with Crippen molar-refractivity contribution < 1.29 is 18.3 Å². The van der Waals surface area contributed by atoms with Gasteiger partial charge in [-0.25, -0.2) is 18.1 Å². The van der Waals surface area contributed by atoms with E-state index in [1.54, 1.807) is 63.4 Å². The molecule has 0 spiro atoms. The molecule has 4 aromatic rings. The maximum absolute atomic E-state index is 13.3. The highest BCUT2D eigenvalue weighted by Crippen LogP contribution is 2.26. The van der Waals surface area contributed by atoms with Gasteiger partial charge in [-0.3, -0.25) is 9.78 Å². The molecule has 4 rings (SSSR count). The molecular weight excluding hydrogens is 514 g/mol. The molecule has 1 atom stereocenters. The van der Waals surface area contributed by atoms with E-state index in [0.717, 1.165) is 16.8 Å². The van der Waals surface area contributed by atoms with Crippen molar-refractivity contribution in [3.63, 3.8) is 0 Å². The van der Waals surface area contributed by atoms with E-state index in [0.29, 0.717) is 22.9 Å². The maximum atomic E-state index is 13.3. The summed E-state index contributed by atoms with van der Waals surface area (Å²) in [6.07, 6.45) is 2.18. The van der Waals surface area contributed by atoms with Crippen molar-refractivity contribution in [3.8, 4) is 17.0 Å². The Hall–Kier alpha value is -3.86. The van der Waals surface area contributed by atoms with Crippen LogP contribution in [0.15, 0.2) is 72.9 Å². The van der Waals surface area contributed by atoms with Gasteiger partial charge in [0.2, 0.25) is 10.0 Å². The van der Waals surface area contributed by atoms with E-state index >= 15 is 0 Å². The second-order valence-electron chi connectivity index (χ2n) is 10.3. The number of sulfonamides is 1. The molecule has 1 amide bonds. The van der Waals surface area contributed by atoms with E-state index in [1.165, 1.54) is 0 Å². The van der Waals surface area contributed by atoms with Gasteiger partial charge in [0, 0.05) is 36.3 Å². The van der Waals surface area contributed by atoms with Crippen LogP contribution in [0.25, 0.3) is 22.2 Å². The fraction of sp³-hybridized carbons (Fsp3) is 0.276. The van der Waals surface area contributed by atoms with Crippen molar-refractivity contribution in [2.24, 2.45) is 5.73 Å². The predicted molar refractivity (Wildman–Crippen MR) is 153 cm³/mol. The molecule has 2 aromatic carbocycles. The standard InChI is InChI=1S/C29H33N5O4S/c1-29(2,3)39(37,38)32-18-21-16-27(28(36)33-22(17-30)14-19-7-10-23(35)11-8-19)34-26-12-9-20(15-24(21)26)25-6-4-5-13-31-25/h4-13,15-16,22,32,35H,14,17-18,30H2,1-3H3,(H,33,36)/t22-/m0/s1. The number of aromatic nitrogens is 2. The van der Waals surface area contributed by atoms with Crippen LogP contribution in [0.1, 0.15) is 42.4 Å². The number of fused-ring (bicyclic) bond motifs is 1. The van der Waals surface area contributed by atoms with Crippen molar-refractivity contribution in [1.82, 2.24) is 20.0 Å². The topological polar surface area (TPSA) is 147 Å². The van der Waals surface area contributed by atoms with Crippen LogP contribution >= 0.6 is 0 Å². The summed E-state index contributed by atoms with van der Waals surface area (Å²) in [5, 5.41) is 13.2. The first-order valence-corrected chi connectivity index (χ1v) is 14.1. The number of pyridine rings is 2. The Kier molecular flexibility index (Phi) is 8.29. The van der Waals surface area contributed by atoms with Gasteiger partial charge in [-0.2, -0.15) is 0 Å². The van der Waals surface area contributed by atoms with Crippen LogP contribution in [-0.4, -0.2) is 46.7 Å². The number of phenols is 1. The molecule has 0 aliphatic carbocycles. The number of aromatic hydroxyl groups is 1. The van der Waals surface area contributed by atoms with Gasteiger partial charge in [0.1, 0.15) is 11.4 Å². The SMILES string of the molecule is CC(C)(C)S(=O)(=O)NCc1cc(C(=O)N[C@H](CN)Cc2ccc(O)cc2)nc2ccc(-c3ccccn3)cc12. The number of rotatable bonds is 9. The van der Waals surface area contributed by atoms with Gasteiger partial charge in [0.05, 0.1) is 16.0 Å². The van der Waals surface area contributed by atoms with Crippen molar-refractivity contribution >= 4 is 26.8 Å². The lowest BCUT2D eigenvalue weighted by atomic mass is 10.0. The second-order valence-corrected chi connectivity index (χ2v) is 12.8. The van der Waals surface area contributed by atoms with Crippen LogP contribution in [-0.2, 0) is 23.0 Å². The van der Waals surface area contributed by atoms with Crippen molar-refractivity contribution in [2.45, 2.75) is 44.5 Å². The van der Waals surface area contributed by atoms with Gasteiger partial charge in [-0.05, 0) is 80.8 Å². The normalized spacial score (nSPS) is 12.8. The molecular formula is C29H33N5O4S. The molecule has 0 aliphatic heterocycles. The third-order valence-corrected chi connectivity index (χ3v) is 8.52. The summed E-state index contributed by atoms with van der Waals surface area (Å²) in [4.78, 5) is 22.3. The van der Waals surface area contributed by atoms with Crippen LogP contribution in [0.5, 0.6) is 5.75 Å². The number of benzene rings is 2. The monoisotopic (exact) mass is 547 g/mol. The lowest BCUT2D eigenvalue weighted by molar-refractivity contribution is 0.0933. The van der Waals surface area contributed by atoms with Crippen LogP contribution in [0.3, 0.4) is 0 Å². The largest absolute Gasteiger partial charge is 0.508 e. The quantitative estimate of drug-likeness (QED) is 0.251. The number of carbonyl (C=O) groups excluding carboxylic acids is 1. The molecule has 0 fully saturated rings. The molecule has 0 bridgehead atoms. The Morgan fingerprint density at radius 2 is 1.79 bits per heavy atom. The van der Waals surface area contributed by atoms with E-state index in [-0.39, 0.29) is 30.6 Å². The molecule has 39 heavy (non-hydrogen) atoms. The fourth-order valence-corrected chi connectivity index (χ4v) is 4.79. The molecule has 2 heterocycles. The van der Waals surface area contributed by atoms with Gasteiger partial charge in [0.15, 0.2) is 0 Å². The number of nitrogens with zero attached hydrogens (tertiary/aromatic N) is 2. The maximum Gasteiger partial charge on any atom is 0.270 e. The first-order chi connectivity index (χ1) is 18.5. The number of hydrogen-bond donors (Lipinski definition) is 4. The predicted octanol–water partition coefficient (Wildman–Crippen LogP) is 3.52. The fourth-order valence-electron chi connectivity index (χ4n) is 4.01. The van der Waals surface area contributed by atoms with Crippen molar-refractivity contribution in [1.29, 1.82) is 0 Å². The first kappa shape index (κ1) is 28.2.